The lowest BCUT2D eigenvalue weighted by Gasteiger charge is -2.28. The van der Waals surface area contributed by atoms with Crippen molar-refractivity contribution in [1.82, 2.24) is 14.1 Å². The molecule has 96 valence electrons. The molecule has 2 rings (SSSR count). The molecule has 0 aromatic carbocycles. The van der Waals surface area contributed by atoms with Crippen molar-refractivity contribution in [3.8, 4) is 0 Å². The largest absolute Gasteiger partial charge is 0.272 e. The minimum absolute atomic E-state index is 0.314. The Morgan fingerprint density at radius 1 is 1.41 bits per heavy atom. The molecule has 1 aliphatic rings. The van der Waals surface area contributed by atoms with Gasteiger partial charge in [0.25, 0.3) is 0 Å². The molecule has 0 spiro atoms. The second kappa shape index (κ2) is 4.78. The van der Waals surface area contributed by atoms with Crippen molar-refractivity contribution in [3.63, 3.8) is 0 Å². The van der Waals surface area contributed by atoms with Crippen molar-refractivity contribution in [1.29, 1.82) is 0 Å². The van der Waals surface area contributed by atoms with E-state index in [1.807, 2.05) is 6.92 Å². The first-order chi connectivity index (χ1) is 8.04. The smallest absolute Gasteiger partial charge is 0.246 e. The van der Waals surface area contributed by atoms with Crippen LogP contribution < -0.4 is 0 Å². The van der Waals surface area contributed by atoms with Crippen LogP contribution in [0.1, 0.15) is 26.7 Å². The lowest BCUT2D eigenvalue weighted by atomic mass is 10.0. The molecule has 0 saturated carbocycles. The zero-order valence-corrected chi connectivity index (χ0v) is 11.2. The molecule has 1 aliphatic heterocycles. The van der Waals surface area contributed by atoms with E-state index in [-0.39, 0.29) is 0 Å². The average molecular weight is 257 g/mol. The van der Waals surface area contributed by atoms with Gasteiger partial charge in [-0.05, 0) is 25.7 Å². The minimum atomic E-state index is -3.32. The van der Waals surface area contributed by atoms with Gasteiger partial charge in [-0.2, -0.15) is 9.40 Å². The Bertz CT molecular complexity index is 473. The highest BCUT2D eigenvalue weighted by molar-refractivity contribution is 7.89. The summed E-state index contributed by atoms with van der Waals surface area (Å²) in [5, 5.41) is 4.02. The Balaban J connectivity index is 2.18. The lowest BCUT2D eigenvalue weighted by molar-refractivity contribution is 0.288. The van der Waals surface area contributed by atoms with Gasteiger partial charge in [0, 0.05) is 25.8 Å². The molecule has 1 aromatic rings. The van der Waals surface area contributed by atoms with E-state index in [4.69, 9.17) is 0 Å². The summed E-state index contributed by atoms with van der Waals surface area (Å²) in [6.45, 7) is 6.04. The molecule has 0 radical (unpaired) electrons. The van der Waals surface area contributed by atoms with Crippen LogP contribution in [-0.2, 0) is 16.6 Å². The third-order valence-corrected chi connectivity index (χ3v) is 5.17. The molecular weight excluding hydrogens is 238 g/mol. The number of hydrogen-bond donors (Lipinski definition) is 0. The first-order valence-electron chi connectivity index (χ1n) is 6.06. The van der Waals surface area contributed by atoms with Crippen LogP contribution in [0.25, 0.3) is 0 Å². The lowest BCUT2D eigenvalue weighted by Crippen LogP contribution is -2.37. The zero-order chi connectivity index (χ0) is 12.5. The predicted molar refractivity (Wildman–Crippen MR) is 65.1 cm³/mol. The maximum absolute atomic E-state index is 12.3. The summed E-state index contributed by atoms with van der Waals surface area (Å²) in [5.41, 5.74) is 0. The number of rotatable bonds is 3. The summed E-state index contributed by atoms with van der Waals surface area (Å²) in [5.74, 6) is 0.625. The zero-order valence-electron chi connectivity index (χ0n) is 10.3. The molecule has 0 amide bonds. The Hall–Kier alpha value is -0.880. The van der Waals surface area contributed by atoms with Gasteiger partial charge < -0.3 is 0 Å². The van der Waals surface area contributed by atoms with Crippen LogP contribution in [0.4, 0.5) is 0 Å². The maximum atomic E-state index is 12.3. The highest BCUT2D eigenvalue weighted by Gasteiger charge is 2.28. The topological polar surface area (TPSA) is 55.2 Å². The molecule has 6 heteroatoms. The number of nitrogens with zero attached hydrogens (tertiary/aromatic N) is 3. The Kier molecular flexibility index (Phi) is 3.53. The van der Waals surface area contributed by atoms with Gasteiger partial charge in [0.15, 0.2) is 0 Å². The third kappa shape index (κ3) is 2.52. The first kappa shape index (κ1) is 12.6. The molecule has 0 atom stereocenters. The fraction of sp³-hybridized carbons (Fsp3) is 0.727. The molecular formula is C11H19N3O2S. The van der Waals surface area contributed by atoms with Crippen molar-refractivity contribution in [2.24, 2.45) is 5.92 Å². The number of sulfonamides is 1. The fourth-order valence-electron chi connectivity index (χ4n) is 2.03. The first-order valence-corrected chi connectivity index (χ1v) is 7.50. The fourth-order valence-corrected chi connectivity index (χ4v) is 3.45. The van der Waals surface area contributed by atoms with E-state index in [1.54, 1.807) is 15.2 Å². The van der Waals surface area contributed by atoms with E-state index in [9.17, 15) is 8.42 Å². The normalized spacial score (nSPS) is 19.6. The van der Waals surface area contributed by atoms with Gasteiger partial charge in [-0.1, -0.05) is 6.92 Å². The molecule has 0 aliphatic carbocycles. The van der Waals surface area contributed by atoms with E-state index in [0.29, 0.717) is 30.4 Å². The van der Waals surface area contributed by atoms with Crippen molar-refractivity contribution in [2.75, 3.05) is 13.1 Å². The van der Waals surface area contributed by atoms with E-state index in [0.717, 1.165) is 12.8 Å². The number of hydrogen-bond acceptors (Lipinski definition) is 3. The van der Waals surface area contributed by atoms with E-state index in [2.05, 4.69) is 12.0 Å². The summed E-state index contributed by atoms with van der Waals surface area (Å²) >= 11 is 0. The number of aromatic nitrogens is 2. The van der Waals surface area contributed by atoms with Crippen molar-refractivity contribution < 1.29 is 8.42 Å². The average Bonchev–Trinajstić information content (AvgIpc) is 2.78. The van der Waals surface area contributed by atoms with Gasteiger partial charge in [-0.15, -0.1) is 0 Å². The summed E-state index contributed by atoms with van der Waals surface area (Å²) in [7, 11) is -3.32. The maximum Gasteiger partial charge on any atom is 0.246 e. The standard InChI is InChI=1S/C11H19N3O2S/c1-3-13-9-11(8-12-13)17(15,16)14-6-4-10(2)5-7-14/h8-10H,3-7H2,1-2H3. The molecule has 0 unspecified atom stereocenters. The number of piperidine rings is 1. The Morgan fingerprint density at radius 3 is 2.59 bits per heavy atom. The SMILES string of the molecule is CCn1cc(S(=O)(=O)N2CCC(C)CC2)cn1. The molecule has 17 heavy (non-hydrogen) atoms. The van der Waals surface area contributed by atoms with Crippen molar-refractivity contribution in [2.45, 2.75) is 38.1 Å². The monoisotopic (exact) mass is 257 g/mol. The van der Waals surface area contributed by atoms with Crippen LogP contribution in [0.2, 0.25) is 0 Å². The van der Waals surface area contributed by atoms with Crippen molar-refractivity contribution in [3.05, 3.63) is 12.4 Å². The summed E-state index contributed by atoms with van der Waals surface area (Å²) in [6.07, 6.45) is 4.94. The van der Waals surface area contributed by atoms with Gasteiger partial charge in [0.05, 0.1) is 6.20 Å². The molecule has 1 fully saturated rings. The van der Waals surface area contributed by atoms with Crippen LogP contribution in [0.3, 0.4) is 0 Å². The Labute approximate surface area is 102 Å². The summed E-state index contributed by atoms with van der Waals surface area (Å²) < 4.78 is 27.8. The van der Waals surface area contributed by atoms with Crippen LogP contribution >= 0.6 is 0 Å². The quantitative estimate of drug-likeness (QED) is 0.820. The van der Waals surface area contributed by atoms with Crippen molar-refractivity contribution >= 4 is 10.0 Å². The van der Waals surface area contributed by atoms with E-state index >= 15 is 0 Å². The van der Waals surface area contributed by atoms with E-state index in [1.165, 1.54) is 6.20 Å². The predicted octanol–water partition coefficient (Wildman–Crippen LogP) is 1.32. The summed E-state index contributed by atoms with van der Waals surface area (Å²) in [6, 6.07) is 0. The molecule has 0 bridgehead atoms. The Morgan fingerprint density at radius 2 is 2.06 bits per heavy atom. The summed E-state index contributed by atoms with van der Waals surface area (Å²) in [4.78, 5) is 0.314. The van der Waals surface area contributed by atoms with Crippen LogP contribution in [0.5, 0.6) is 0 Å². The van der Waals surface area contributed by atoms with Crippen LogP contribution in [-0.4, -0.2) is 35.6 Å². The second-order valence-electron chi connectivity index (χ2n) is 4.62. The van der Waals surface area contributed by atoms with Crippen LogP contribution in [0, 0.1) is 5.92 Å². The van der Waals surface area contributed by atoms with Gasteiger partial charge in [-0.3, -0.25) is 4.68 Å². The second-order valence-corrected chi connectivity index (χ2v) is 6.56. The number of aryl methyl sites for hydroxylation is 1. The minimum Gasteiger partial charge on any atom is -0.272 e. The van der Waals surface area contributed by atoms with Gasteiger partial charge in [0.1, 0.15) is 4.90 Å². The molecule has 0 N–H and O–H groups in total. The van der Waals surface area contributed by atoms with Gasteiger partial charge in [-0.25, -0.2) is 8.42 Å². The highest BCUT2D eigenvalue weighted by atomic mass is 32.2. The van der Waals surface area contributed by atoms with Gasteiger partial charge in [0.2, 0.25) is 10.0 Å². The molecule has 1 saturated heterocycles. The molecule has 1 aromatic heterocycles. The third-order valence-electron chi connectivity index (χ3n) is 3.31. The van der Waals surface area contributed by atoms with Gasteiger partial charge >= 0.3 is 0 Å². The molecule has 2 heterocycles. The van der Waals surface area contributed by atoms with E-state index < -0.39 is 10.0 Å². The molecule has 5 nitrogen and oxygen atoms in total. The highest BCUT2D eigenvalue weighted by Crippen LogP contribution is 2.22. The van der Waals surface area contributed by atoms with Crippen LogP contribution in [0.15, 0.2) is 17.3 Å².